The minimum Gasteiger partial charge on any atom is -0.507 e. The first kappa shape index (κ1) is 16.1. The lowest BCUT2D eigenvalue weighted by Crippen LogP contribution is -2.44. The van der Waals surface area contributed by atoms with Crippen LogP contribution in [0.5, 0.6) is 11.5 Å². The maximum Gasteiger partial charge on any atom is 0.342 e. The molecule has 6 heteroatoms. The van der Waals surface area contributed by atoms with Gasteiger partial charge >= 0.3 is 5.97 Å². The average molecular weight is 307 g/mol. The number of phenols is 1. The highest BCUT2D eigenvalue weighted by atomic mass is 16.5. The van der Waals surface area contributed by atoms with Crippen LogP contribution in [0.1, 0.15) is 36.5 Å². The molecule has 2 rings (SSSR count). The van der Waals surface area contributed by atoms with E-state index < -0.39 is 5.97 Å². The zero-order chi connectivity index (χ0) is 16.1. The Morgan fingerprint density at radius 3 is 2.77 bits per heavy atom. The van der Waals surface area contributed by atoms with Crippen LogP contribution >= 0.6 is 0 Å². The number of hydrogen-bond acceptors (Lipinski definition) is 5. The van der Waals surface area contributed by atoms with Crippen molar-refractivity contribution in [2.75, 3.05) is 20.3 Å². The van der Waals surface area contributed by atoms with Gasteiger partial charge in [-0.25, -0.2) is 4.79 Å². The van der Waals surface area contributed by atoms with Crippen LogP contribution < -0.4 is 4.74 Å². The molecule has 1 aliphatic rings. The zero-order valence-corrected chi connectivity index (χ0v) is 12.9. The highest BCUT2D eigenvalue weighted by Gasteiger charge is 2.24. The molecular formula is C16H21NO5. The van der Waals surface area contributed by atoms with Crippen LogP contribution in [0.3, 0.4) is 0 Å². The molecule has 1 heterocycles. The Morgan fingerprint density at radius 2 is 2.14 bits per heavy atom. The van der Waals surface area contributed by atoms with Gasteiger partial charge in [0.05, 0.1) is 7.11 Å². The van der Waals surface area contributed by atoms with Crippen molar-refractivity contribution in [2.24, 2.45) is 0 Å². The van der Waals surface area contributed by atoms with Crippen LogP contribution in [-0.2, 0) is 9.53 Å². The van der Waals surface area contributed by atoms with E-state index in [1.54, 1.807) is 11.0 Å². The second kappa shape index (κ2) is 7.15. The monoisotopic (exact) mass is 307 g/mol. The summed E-state index contributed by atoms with van der Waals surface area (Å²) in [5.74, 6) is -0.720. The van der Waals surface area contributed by atoms with Gasteiger partial charge in [0.25, 0.3) is 5.91 Å². The van der Waals surface area contributed by atoms with Gasteiger partial charge in [0.15, 0.2) is 6.61 Å². The predicted octanol–water partition coefficient (Wildman–Crippen LogP) is 1.96. The molecule has 22 heavy (non-hydrogen) atoms. The molecule has 1 aromatic carbocycles. The Balaban J connectivity index is 1.93. The number of carbonyl (C=O) groups is 2. The molecule has 1 saturated heterocycles. The molecule has 0 aliphatic carbocycles. The van der Waals surface area contributed by atoms with E-state index in [0.29, 0.717) is 12.3 Å². The Bertz CT molecular complexity index is 557. The molecule has 1 aromatic rings. The van der Waals surface area contributed by atoms with Crippen LogP contribution in [-0.4, -0.2) is 48.2 Å². The fourth-order valence-corrected chi connectivity index (χ4v) is 2.57. The quantitative estimate of drug-likeness (QED) is 0.861. The van der Waals surface area contributed by atoms with Crippen molar-refractivity contribution in [1.29, 1.82) is 0 Å². The Hall–Kier alpha value is -2.24. The van der Waals surface area contributed by atoms with Crippen molar-refractivity contribution < 1.29 is 24.2 Å². The van der Waals surface area contributed by atoms with E-state index in [1.165, 1.54) is 19.2 Å². The first-order chi connectivity index (χ1) is 10.5. The van der Waals surface area contributed by atoms with E-state index in [9.17, 15) is 14.7 Å². The van der Waals surface area contributed by atoms with Gasteiger partial charge in [0.2, 0.25) is 0 Å². The van der Waals surface area contributed by atoms with Gasteiger partial charge in [0, 0.05) is 18.7 Å². The summed E-state index contributed by atoms with van der Waals surface area (Å²) in [6, 6.07) is 4.45. The summed E-state index contributed by atoms with van der Waals surface area (Å²) < 4.78 is 9.96. The highest BCUT2D eigenvalue weighted by molar-refractivity contribution is 5.94. The molecule has 1 amide bonds. The van der Waals surface area contributed by atoms with Gasteiger partial charge in [-0.1, -0.05) is 0 Å². The number of esters is 1. The van der Waals surface area contributed by atoms with E-state index in [-0.39, 0.29) is 29.9 Å². The van der Waals surface area contributed by atoms with Crippen LogP contribution in [0.2, 0.25) is 0 Å². The lowest BCUT2D eigenvalue weighted by molar-refractivity contribution is -0.137. The summed E-state index contributed by atoms with van der Waals surface area (Å²) in [5, 5.41) is 9.77. The van der Waals surface area contributed by atoms with E-state index in [0.717, 1.165) is 19.3 Å². The summed E-state index contributed by atoms with van der Waals surface area (Å²) in [7, 11) is 1.46. The van der Waals surface area contributed by atoms with Crippen LogP contribution in [0.15, 0.2) is 18.2 Å². The van der Waals surface area contributed by atoms with Gasteiger partial charge in [-0.15, -0.1) is 0 Å². The number of piperidine rings is 1. The molecule has 0 spiro atoms. The third-order valence-corrected chi connectivity index (χ3v) is 3.87. The summed E-state index contributed by atoms with van der Waals surface area (Å²) in [6.45, 7) is 2.38. The maximum atomic E-state index is 12.1. The zero-order valence-electron chi connectivity index (χ0n) is 12.9. The molecule has 1 atom stereocenters. The van der Waals surface area contributed by atoms with Gasteiger partial charge in [-0.05, 0) is 38.3 Å². The van der Waals surface area contributed by atoms with Gasteiger partial charge in [-0.2, -0.15) is 0 Å². The second-order valence-corrected chi connectivity index (χ2v) is 5.39. The van der Waals surface area contributed by atoms with Crippen molar-refractivity contribution in [2.45, 2.75) is 32.2 Å². The van der Waals surface area contributed by atoms with Crippen molar-refractivity contribution >= 4 is 11.9 Å². The molecule has 0 saturated carbocycles. The number of aromatic hydroxyl groups is 1. The molecule has 0 radical (unpaired) electrons. The van der Waals surface area contributed by atoms with Crippen LogP contribution in [0, 0.1) is 0 Å². The third-order valence-electron chi connectivity index (χ3n) is 3.87. The molecule has 0 unspecified atom stereocenters. The number of carbonyl (C=O) groups excluding carboxylic acids is 2. The topological polar surface area (TPSA) is 76.1 Å². The number of benzene rings is 1. The van der Waals surface area contributed by atoms with E-state index in [2.05, 4.69) is 0 Å². The third kappa shape index (κ3) is 3.69. The van der Waals surface area contributed by atoms with E-state index in [1.807, 2.05) is 6.92 Å². The van der Waals surface area contributed by atoms with Crippen molar-refractivity contribution in [3.8, 4) is 11.5 Å². The van der Waals surface area contributed by atoms with Gasteiger partial charge < -0.3 is 19.5 Å². The normalized spacial score (nSPS) is 17.9. The first-order valence-electron chi connectivity index (χ1n) is 7.36. The minimum absolute atomic E-state index is 0.0142. The molecule has 0 bridgehead atoms. The number of hydrogen-bond donors (Lipinski definition) is 1. The molecule has 1 fully saturated rings. The van der Waals surface area contributed by atoms with Crippen LogP contribution in [0.4, 0.5) is 0 Å². The standard InChI is InChI=1S/C16H21NO5/c1-11-5-3-4-8-17(11)15(19)10-22-16(20)13-7-6-12(21-2)9-14(13)18/h6-7,9,11,18H,3-5,8,10H2,1-2H3/t11-/m0/s1. The first-order valence-corrected chi connectivity index (χ1v) is 7.36. The van der Waals surface area contributed by atoms with Crippen molar-refractivity contribution in [3.05, 3.63) is 23.8 Å². The van der Waals surface area contributed by atoms with Gasteiger partial charge in [0.1, 0.15) is 17.1 Å². The average Bonchev–Trinajstić information content (AvgIpc) is 2.52. The van der Waals surface area contributed by atoms with E-state index in [4.69, 9.17) is 9.47 Å². The summed E-state index contributed by atoms with van der Waals surface area (Å²) in [5.41, 5.74) is 0.0142. The largest absolute Gasteiger partial charge is 0.507 e. The molecule has 6 nitrogen and oxygen atoms in total. The molecular weight excluding hydrogens is 286 g/mol. The fourth-order valence-electron chi connectivity index (χ4n) is 2.57. The summed E-state index contributed by atoms with van der Waals surface area (Å²) >= 11 is 0. The Kier molecular flexibility index (Phi) is 5.25. The van der Waals surface area contributed by atoms with Crippen molar-refractivity contribution in [3.63, 3.8) is 0 Å². The molecule has 1 aliphatic heterocycles. The fraction of sp³-hybridized carbons (Fsp3) is 0.500. The Morgan fingerprint density at radius 1 is 1.36 bits per heavy atom. The highest BCUT2D eigenvalue weighted by Crippen LogP contribution is 2.24. The Labute approximate surface area is 129 Å². The van der Waals surface area contributed by atoms with Gasteiger partial charge in [-0.3, -0.25) is 4.79 Å². The summed E-state index contributed by atoms with van der Waals surface area (Å²) in [4.78, 5) is 25.8. The number of rotatable bonds is 4. The lowest BCUT2D eigenvalue weighted by atomic mass is 10.0. The summed E-state index contributed by atoms with van der Waals surface area (Å²) in [6.07, 6.45) is 3.06. The van der Waals surface area contributed by atoms with Crippen molar-refractivity contribution in [1.82, 2.24) is 4.90 Å². The number of phenolic OH excluding ortho intramolecular Hbond substituents is 1. The lowest BCUT2D eigenvalue weighted by Gasteiger charge is -2.33. The smallest absolute Gasteiger partial charge is 0.342 e. The molecule has 0 aromatic heterocycles. The number of amides is 1. The SMILES string of the molecule is COc1ccc(C(=O)OCC(=O)N2CCCC[C@@H]2C)c(O)c1. The minimum atomic E-state index is -0.724. The maximum absolute atomic E-state index is 12.1. The predicted molar refractivity (Wildman–Crippen MR) is 80.0 cm³/mol. The number of nitrogens with zero attached hydrogens (tertiary/aromatic N) is 1. The molecule has 120 valence electrons. The van der Waals surface area contributed by atoms with Crippen LogP contribution in [0.25, 0.3) is 0 Å². The second-order valence-electron chi connectivity index (χ2n) is 5.39. The number of methoxy groups -OCH3 is 1. The molecule has 1 N–H and O–H groups in total. The number of ether oxygens (including phenoxy) is 2. The number of likely N-dealkylation sites (tertiary alicyclic amines) is 1. The van der Waals surface area contributed by atoms with E-state index >= 15 is 0 Å².